The van der Waals surface area contributed by atoms with Crippen LogP contribution in [0.5, 0.6) is 0 Å². The maximum Gasteiger partial charge on any atom is 0.134 e. The lowest BCUT2D eigenvalue weighted by atomic mass is 9.78. The van der Waals surface area contributed by atoms with Crippen molar-refractivity contribution in [2.75, 3.05) is 0 Å². The van der Waals surface area contributed by atoms with Crippen molar-refractivity contribution in [2.45, 2.75) is 78.1 Å². The highest BCUT2D eigenvalue weighted by Crippen LogP contribution is 2.33. The maximum atomic E-state index is 14.9. The summed E-state index contributed by atoms with van der Waals surface area (Å²) in [5.41, 5.74) is 4.14. The van der Waals surface area contributed by atoms with E-state index in [-0.39, 0.29) is 5.82 Å². The van der Waals surface area contributed by atoms with Gasteiger partial charge in [-0.3, -0.25) is 0 Å². The molecule has 0 radical (unpaired) electrons. The van der Waals surface area contributed by atoms with Crippen molar-refractivity contribution in [1.29, 1.82) is 0 Å². The van der Waals surface area contributed by atoms with Gasteiger partial charge in [-0.05, 0) is 85.2 Å². The van der Waals surface area contributed by atoms with Crippen LogP contribution < -0.4 is 0 Å². The molecule has 1 saturated carbocycles. The number of allylic oxidation sites excluding steroid dienone is 2. The highest BCUT2D eigenvalue weighted by Gasteiger charge is 2.20. The average Bonchev–Trinajstić information content (AvgIpc) is 2.89. The fourth-order valence-corrected chi connectivity index (χ4v) is 5.50. The Balaban J connectivity index is 1.34. The minimum atomic E-state index is -0.101. The van der Waals surface area contributed by atoms with E-state index < -0.39 is 0 Å². The van der Waals surface area contributed by atoms with E-state index in [0.717, 1.165) is 46.8 Å². The van der Waals surface area contributed by atoms with Crippen molar-refractivity contribution >= 4 is 10.8 Å². The summed E-state index contributed by atoms with van der Waals surface area (Å²) in [5.74, 6) is 8.34. The summed E-state index contributed by atoms with van der Waals surface area (Å²) < 4.78 is 14.9. The predicted molar refractivity (Wildman–Crippen MR) is 148 cm³/mol. The zero-order chi connectivity index (χ0) is 24.5. The average molecular weight is 467 g/mol. The Morgan fingerprint density at radius 2 is 1.51 bits per heavy atom. The molecule has 0 atom stereocenters. The number of halogens is 1. The van der Waals surface area contributed by atoms with Crippen LogP contribution in [0.4, 0.5) is 4.39 Å². The SMILES string of the molecule is C/C=C/CCc1ccc2cc(C#Cc3ccc(CCC4CCC(CCC)CC4)cc3)ccc2c1F. The lowest BCUT2D eigenvalue weighted by Gasteiger charge is -2.28. The zero-order valence-corrected chi connectivity index (χ0v) is 21.5. The summed E-state index contributed by atoms with van der Waals surface area (Å²) in [6, 6.07) is 18.5. The first kappa shape index (κ1) is 25.2. The second-order valence-corrected chi connectivity index (χ2v) is 10.2. The molecule has 0 unspecified atom stereocenters. The van der Waals surface area contributed by atoms with E-state index in [4.69, 9.17) is 0 Å². The van der Waals surface area contributed by atoms with Crippen molar-refractivity contribution in [1.82, 2.24) is 0 Å². The van der Waals surface area contributed by atoms with Crippen LogP contribution in [0.2, 0.25) is 0 Å². The Bertz CT molecular complexity index is 1180. The number of hydrogen-bond donors (Lipinski definition) is 0. The van der Waals surface area contributed by atoms with Crippen molar-refractivity contribution in [2.24, 2.45) is 11.8 Å². The smallest absolute Gasteiger partial charge is 0.134 e. The van der Waals surface area contributed by atoms with Gasteiger partial charge in [-0.25, -0.2) is 4.39 Å². The summed E-state index contributed by atoms with van der Waals surface area (Å²) >= 11 is 0. The van der Waals surface area contributed by atoms with Gasteiger partial charge in [0.1, 0.15) is 5.82 Å². The first-order chi connectivity index (χ1) is 17.2. The Morgan fingerprint density at radius 3 is 2.23 bits per heavy atom. The van der Waals surface area contributed by atoms with E-state index in [9.17, 15) is 4.39 Å². The molecule has 0 heterocycles. The van der Waals surface area contributed by atoms with Crippen LogP contribution in [-0.2, 0) is 12.8 Å². The zero-order valence-electron chi connectivity index (χ0n) is 21.5. The number of benzene rings is 3. The topological polar surface area (TPSA) is 0 Å². The molecule has 0 nitrogen and oxygen atoms in total. The molecule has 1 heteroatoms. The predicted octanol–water partition coefficient (Wildman–Crippen LogP) is 9.43. The Labute approximate surface area is 211 Å². The second kappa shape index (κ2) is 12.7. The van der Waals surface area contributed by atoms with Gasteiger partial charge in [0.2, 0.25) is 0 Å². The molecule has 0 N–H and O–H groups in total. The van der Waals surface area contributed by atoms with Gasteiger partial charge in [-0.15, -0.1) is 0 Å². The number of fused-ring (bicyclic) bond motifs is 1. The van der Waals surface area contributed by atoms with Crippen LogP contribution in [-0.4, -0.2) is 0 Å². The Morgan fingerprint density at radius 1 is 0.829 bits per heavy atom. The Kier molecular flexibility index (Phi) is 9.19. The molecule has 0 saturated heterocycles. The van der Waals surface area contributed by atoms with Gasteiger partial charge in [0.25, 0.3) is 0 Å². The van der Waals surface area contributed by atoms with Gasteiger partial charge in [0.15, 0.2) is 0 Å². The monoisotopic (exact) mass is 466 g/mol. The standard InChI is InChI=1S/C34H39F/c1-3-5-6-8-31-22-23-32-25-30(21-24-33(32)34(31)35)20-19-29-17-15-28(16-18-29)14-13-27-11-9-26(7-4-2)10-12-27/h3,5,15-18,21-27H,4,6-14H2,1-2H3/b5-3+. The fourth-order valence-electron chi connectivity index (χ4n) is 5.50. The van der Waals surface area contributed by atoms with Crippen LogP contribution in [0.15, 0.2) is 66.7 Å². The summed E-state index contributed by atoms with van der Waals surface area (Å²) in [6.07, 6.45) is 16.6. The minimum Gasteiger partial charge on any atom is -0.206 e. The molecule has 0 amide bonds. The van der Waals surface area contributed by atoms with E-state index in [1.165, 1.54) is 56.9 Å². The van der Waals surface area contributed by atoms with Crippen molar-refractivity contribution < 1.29 is 4.39 Å². The third-order valence-electron chi connectivity index (χ3n) is 7.66. The summed E-state index contributed by atoms with van der Waals surface area (Å²) in [5, 5.41) is 1.58. The van der Waals surface area contributed by atoms with Gasteiger partial charge in [0, 0.05) is 16.5 Å². The third kappa shape index (κ3) is 7.08. The molecule has 1 aliphatic carbocycles. The van der Waals surface area contributed by atoms with Crippen LogP contribution in [0.1, 0.15) is 87.5 Å². The van der Waals surface area contributed by atoms with Crippen molar-refractivity contribution in [3.63, 3.8) is 0 Å². The molecule has 0 spiro atoms. The molecule has 3 aromatic carbocycles. The van der Waals surface area contributed by atoms with E-state index in [2.05, 4.69) is 49.1 Å². The van der Waals surface area contributed by atoms with E-state index in [0.29, 0.717) is 5.39 Å². The number of rotatable bonds is 8. The van der Waals surface area contributed by atoms with Crippen LogP contribution in [0.25, 0.3) is 10.8 Å². The summed E-state index contributed by atoms with van der Waals surface area (Å²) in [6.45, 7) is 4.31. The van der Waals surface area contributed by atoms with E-state index >= 15 is 0 Å². The largest absolute Gasteiger partial charge is 0.206 e. The minimum absolute atomic E-state index is 0.101. The van der Waals surface area contributed by atoms with Gasteiger partial charge >= 0.3 is 0 Å². The molecule has 3 aromatic rings. The highest BCUT2D eigenvalue weighted by molar-refractivity contribution is 5.85. The van der Waals surface area contributed by atoms with Gasteiger partial charge in [-0.1, -0.05) is 99.8 Å². The first-order valence-electron chi connectivity index (χ1n) is 13.6. The lowest BCUT2D eigenvalue weighted by molar-refractivity contribution is 0.252. The van der Waals surface area contributed by atoms with Crippen LogP contribution in [0.3, 0.4) is 0 Å². The van der Waals surface area contributed by atoms with Gasteiger partial charge < -0.3 is 0 Å². The van der Waals surface area contributed by atoms with Gasteiger partial charge in [-0.2, -0.15) is 0 Å². The van der Waals surface area contributed by atoms with Crippen LogP contribution in [0, 0.1) is 29.5 Å². The fraction of sp³-hybridized carbons (Fsp3) is 0.412. The number of aryl methyl sites for hydroxylation is 2. The molecule has 0 aromatic heterocycles. The molecule has 35 heavy (non-hydrogen) atoms. The van der Waals surface area contributed by atoms with Gasteiger partial charge in [0.05, 0.1) is 0 Å². The molecular weight excluding hydrogens is 427 g/mol. The lowest BCUT2D eigenvalue weighted by Crippen LogP contribution is -2.15. The Hall–Kier alpha value is -2.85. The van der Waals surface area contributed by atoms with Crippen LogP contribution >= 0.6 is 0 Å². The molecule has 1 fully saturated rings. The third-order valence-corrected chi connectivity index (χ3v) is 7.66. The maximum absolute atomic E-state index is 14.9. The molecule has 182 valence electrons. The van der Waals surface area contributed by atoms with Crippen molar-refractivity contribution in [3.8, 4) is 11.8 Å². The number of hydrogen-bond acceptors (Lipinski definition) is 0. The highest BCUT2D eigenvalue weighted by atomic mass is 19.1. The summed E-state index contributed by atoms with van der Waals surface area (Å²) in [4.78, 5) is 0. The normalized spacial score (nSPS) is 18.0. The van der Waals surface area contributed by atoms with E-state index in [1.54, 1.807) is 0 Å². The molecule has 0 aliphatic heterocycles. The molecule has 0 bridgehead atoms. The second-order valence-electron chi connectivity index (χ2n) is 10.2. The molecule has 4 rings (SSSR count). The quantitative estimate of drug-likeness (QED) is 0.229. The van der Waals surface area contributed by atoms with E-state index in [1.807, 2.05) is 43.3 Å². The van der Waals surface area contributed by atoms with Crippen molar-refractivity contribution in [3.05, 3.63) is 94.8 Å². The molecular formula is C34H39F. The molecule has 1 aliphatic rings. The first-order valence-corrected chi connectivity index (χ1v) is 13.6. The summed E-state index contributed by atoms with van der Waals surface area (Å²) in [7, 11) is 0.